The van der Waals surface area contributed by atoms with Gasteiger partial charge in [-0.3, -0.25) is 9.59 Å². The lowest BCUT2D eigenvalue weighted by Crippen LogP contribution is -2.43. The first-order valence-corrected chi connectivity index (χ1v) is 45.4. The first-order chi connectivity index (χ1) is 63.9. The number of hydrogen-bond acceptors (Lipinski definition) is 18. The molecule has 9 aromatic rings. The van der Waals surface area contributed by atoms with Crippen molar-refractivity contribution >= 4 is 52.7 Å². The number of piperidine rings is 6. The van der Waals surface area contributed by atoms with Crippen LogP contribution in [-0.4, -0.2) is 173 Å². The predicted octanol–water partition coefficient (Wildman–Crippen LogP) is 18.5. The first kappa shape index (κ1) is 108. The van der Waals surface area contributed by atoms with Gasteiger partial charge in [-0.05, 0) is 334 Å². The highest BCUT2D eigenvalue weighted by molar-refractivity contribution is 14.1. The number of anilines is 1. The average Bonchev–Trinajstić information content (AvgIpc) is 1.81. The van der Waals surface area contributed by atoms with Gasteiger partial charge in [0.15, 0.2) is 11.9 Å². The van der Waals surface area contributed by atoms with Crippen molar-refractivity contribution in [3.63, 3.8) is 0 Å². The van der Waals surface area contributed by atoms with E-state index in [4.69, 9.17) is 35.3 Å². The van der Waals surface area contributed by atoms with Crippen LogP contribution in [0.1, 0.15) is 157 Å². The molecule has 3 aromatic heterocycles. The van der Waals surface area contributed by atoms with Gasteiger partial charge in [0.25, 0.3) is 23.0 Å². The summed E-state index contributed by atoms with van der Waals surface area (Å²) in [5.74, 6) is -4.56. The number of halogens is 13. The molecule has 0 bridgehead atoms. The second-order valence-corrected chi connectivity index (χ2v) is 37.0. The summed E-state index contributed by atoms with van der Waals surface area (Å²) in [6.07, 6.45) is 15.9. The van der Waals surface area contributed by atoms with Crippen LogP contribution in [0.3, 0.4) is 0 Å². The fraction of sp³-hybridized carbons (Fsp3) is 0.454. The largest absolute Gasteiger partial charge is 0.476 e. The van der Waals surface area contributed by atoms with Crippen LogP contribution in [0, 0.1) is 114 Å². The summed E-state index contributed by atoms with van der Waals surface area (Å²) in [6, 6.07) is 27.1. The van der Waals surface area contributed by atoms with Crippen molar-refractivity contribution in [2.24, 2.45) is 54.6 Å². The number of oxime groups is 1. The van der Waals surface area contributed by atoms with Crippen LogP contribution in [0.15, 0.2) is 165 Å². The number of amides is 2. The van der Waals surface area contributed by atoms with Gasteiger partial charge in [-0.1, -0.05) is 17.3 Å². The van der Waals surface area contributed by atoms with E-state index in [1.165, 1.54) is 102 Å². The zero-order valence-electron chi connectivity index (χ0n) is 76.8. The maximum Gasteiger partial charge on any atom is 0.410 e. The van der Waals surface area contributed by atoms with Crippen molar-refractivity contribution in [2.75, 3.05) is 83.4 Å². The van der Waals surface area contributed by atoms with E-state index in [9.17, 15) is 76.7 Å². The Balaban J connectivity index is 0.000000194. The number of carbonyl (C=O) groups is 3. The molecule has 0 saturated carbocycles. The lowest BCUT2D eigenvalue weighted by atomic mass is 9.90. The molecule has 6 aromatic carbocycles. The average molecular weight is 2010 g/mol. The molecule has 6 fully saturated rings. The summed E-state index contributed by atoms with van der Waals surface area (Å²) in [5, 5.41) is 43.6. The molecular weight excluding hydrogens is 1890 g/mol. The smallest absolute Gasteiger partial charge is 0.410 e. The van der Waals surface area contributed by atoms with Gasteiger partial charge in [-0.15, -0.1) is 0 Å². The number of benzene rings is 6. The molecule has 38 heteroatoms. The predicted molar refractivity (Wildman–Crippen MR) is 493 cm³/mol. The van der Waals surface area contributed by atoms with Crippen LogP contribution >= 0.6 is 22.6 Å². The number of carbonyl (C=O) groups excluding carboxylic acids is 2. The van der Waals surface area contributed by atoms with Crippen molar-refractivity contribution in [3.05, 3.63) is 273 Å². The number of nitrogens with zero attached hydrogens (tertiary/aromatic N) is 13. The van der Waals surface area contributed by atoms with Gasteiger partial charge in [-0.2, -0.15) is 20.4 Å². The lowest BCUT2D eigenvalue weighted by molar-refractivity contribution is 0.0182. The van der Waals surface area contributed by atoms with E-state index < -0.39 is 87.0 Å². The number of aromatic carboxylic acids is 1. The van der Waals surface area contributed by atoms with Crippen molar-refractivity contribution in [2.45, 2.75) is 162 Å². The van der Waals surface area contributed by atoms with Gasteiger partial charge >= 0.3 is 18.2 Å². The molecule has 25 nitrogen and oxygen atoms in total. The maximum absolute atomic E-state index is 13.4. The summed E-state index contributed by atoms with van der Waals surface area (Å²) in [4.78, 5) is 69.4. The van der Waals surface area contributed by atoms with E-state index in [-0.39, 0.29) is 40.8 Å². The molecule has 2 amide bonds. The van der Waals surface area contributed by atoms with Crippen LogP contribution in [0.2, 0.25) is 0 Å². The number of aryl methyl sites for hydroxylation is 2. The third-order valence-electron chi connectivity index (χ3n) is 22.4. The third kappa shape index (κ3) is 39.4. The maximum atomic E-state index is 13.4. The minimum atomic E-state index is -1.14. The van der Waals surface area contributed by atoms with Crippen LogP contribution in [0.25, 0.3) is 11.6 Å². The van der Waals surface area contributed by atoms with E-state index in [1.54, 1.807) is 32.7 Å². The molecule has 135 heavy (non-hydrogen) atoms. The summed E-state index contributed by atoms with van der Waals surface area (Å²) >= 11 is 1.85. The molecule has 6 aliphatic heterocycles. The van der Waals surface area contributed by atoms with Gasteiger partial charge in [0, 0.05) is 132 Å². The molecule has 0 unspecified atom stereocenters. The van der Waals surface area contributed by atoms with Crippen LogP contribution in [0.4, 0.5) is 68.2 Å². The van der Waals surface area contributed by atoms with Crippen molar-refractivity contribution in [1.82, 2.24) is 54.6 Å². The normalized spacial score (nSPS) is 15.8. The third-order valence-corrected chi connectivity index (χ3v) is 23.0. The number of carboxylic acids is 1. The number of nitrogens with one attached hydrogen (secondary N) is 1. The fourth-order valence-corrected chi connectivity index (χ4v) is 16.2. The Kier molecular flexibility index (Phi) is 42.3. The SMILES string of the molecule is C=C1CCN(C(=O)OC(C)(C)C)CC1.CC(C)(C)OC(=O)N1CCC(Cc2cc(F)cc(F)c2)CC1.Cn1nc(-c2nc(N3CCC(Cc4cc(F)cc(F)c4)CC3)no2)ccc1=O.Cn1nc(C(=O)O)ccc1=O.Fc1cc(F)cc(CC2CCNCC2)c1.Fc1cc(F)cc(I)c1.N#CN1CCC(Cc2cc(F)cc(F)c2)CC1.NC(=NO)N1CCC(Cc2cc(F)cc(F)c2)CC1. The molecular formula is C97H116F12IN15O10. The highest BCUT2D eigenvalue weighted by Crippen LogP contribution is 2.31. The zero-order valence-corrected chi connectivity index (χ0v) is 78.9. The molecule has 6 aliphatic rings. The monoisotopic (exact) mass is 2010 g/mol. The Morgan fingerprint density at radius 2 is 0.807 bits per heavy atom. The Bertz CT molecular complexity index is 5420. The standard InChI is InChI=1S/C19H19F2N5O2.C17H23F2NO2.C13H17F2N3O.C13H14F2N2.C12H15F2N.C11H19NO2.C6H3F2I.C6H6N2O3/c1-25-17(27)3-2-16(23-25)18-22-19(24-28-18)26-6-4-12(5-7-26)8-13-9-14(20)11-15(21)10-13;1-17(2,3)22-16(21)20-6-4-12(5-7-20)8-13-9-14(18)11-15(19)10-13;14-11-6-10(7-12(15)8-11)5-9-1-3-18(4-2-9)13(16)17-19;14-12-6-11(7-13(15)8-12)5-10-1-3-17(9-16)4-2-10;13-11-6-10(7-12(14)8-11)5-9-1-3-15-4-2-9;1-9-5-7-12(8-6-9)10(13)14-11(2,3)4;7-4-1-5(8)3-6(9)2-4;1-8-5(9)3-2-4(7-8)6(10)11/h2-3,9-12H,4-8H2,1H3;9-12H,4-8H2,1-3H3;6-9,19H,1-5H2,(H2,16,17);6-8,10H,1-5H2;6-9,15H,1-5H2;1,5-8H2,2-4H3;1-3H;2-3H,1H3,(H,10,11). The van der Waals surface area contributed by atoms with E-state index in [1.807, 2.05) is 69.0 Å². The van der Waals surface area contributed by atoms with Gasteiger partial charge < -0.3 is 59.9 Å². The van der Waals surface area contributed by atoms with Gasteiger partial charge in [0.05, 0.1) is 0 Å². The van der Waals surface area contributed by atoms with E-state index in [0.717, 1.165) is 189 Å². The number of guanidine groups is 1. The van der Waals surface area contributed by atoms with E-state index in [2.05, 4.69) is 43.6 Å². The van der Waals surface area contributed by atoms with Crippen LogP contribution in [-0.2, 0) is 55.7 Å². The van der Waals surface area contributed by atoms with Gasteiger partial charge in [0.1, 0.15) is 86.7 Å². The molecule has 0 atom stereocenters. The molecule has 0 radical (unpaired) electrons. The van der Waals surface area contributed by atoms with E-state index >= 15 is 0 Å². The lowest BCUT2D eigenvalue weighted by Gasteiger charge is -2.33. The molecule has 15 rings (SSSR count). The number of nitrogens with two attached hydrogens (primary N) is 1. The second-order valence-electron chi connectivity index (χ2n) is 35.7. The Morgan fingerprint density at radius 1 is 0.489 bits per heavy atom. The molecule has 9 heterocycles. The minimum Gasteiger partial charge on any atom is -0.476 e. The Labute approximate surface area is 790 Å². The molecule has 0 aliphatic carbocycles. The van der Waals surface area contributed by atoms with Crippen LogP contribution < -0.4 is 27.1 Å². The minimum absolute atomic E-state index is 0.121. The highest BCUT2D eigenvalue weighted by atomic mass is 127. The van der Waals surface area contributed by atoms with Gasteiger partial charge in [-0.25, -0.2) is 76.4 Å². The number of aromatic nitrogens is 6. The van der Waals surface area contributed by atoms with Gasteiger partial charge in [0.2, 0.25) is 5.96 Å². The fourth-order valence-electron chi connectivity index (χ4n) is 15.6. The van der Waals surface area contributed by atoms with E-state index in [0.29, 0.717) is 119 Å². The van der Waals surface area contributed by atoms with Crippen molar-refractivity contribution in [1.29, 1.82) is 5.26 Å². The Morgan fingerprint density at radius 3 is 1.13 bits per heavy atom. The second kappa shape index (κ2) is 52.7. The summed E-state index contributed by atoms with van der Waals surface area (Å²) in [7, 11) is 2.95. The van der Waals surface area contributed by atoms with Crippen LogP contribution in [0.5, 0.6) is 0 Å². The topological polar surface area (TPSA) is 309 Å². The van der Waals surface area contributed by atoms with Crippen molar-refractivity contribution < 1.29 is 91.4 Å². The number of likely N-dealkylation sites (tertiary alicyclic amines) is 4. The highest BCUT2D eigenvalue weighted by Gasteiger charge is 2.31. The number of ether oxygens (including phenoxy) is 2. The molecule has 6 saturated heterocycles. The summed E-state index contributed by atoms with van der Waals surface area (Å²) < 4.78 is 174. The molecule has 5 N–H and O–H groups in total. The number of carboxylic acid groups (broad SMARTS) is 1. The molecule has 730 valence electrons. The first-order valence-electron chi connectivity index (χ1n) is 44.4. The quantitative estimate of drug-likeness (QED) is 0.0122. The van der Waals surface area contributed by atoms with Crippen molar-refractivity contribution in [3.8, 4) is 17.8 Å². The summed E-state index contributed by atoms with van der Waals surface area (Å²) in [6.45, 7) is 24.2. The Hall–Kier alpha value is -12.0. The number of rotatable bonds is 13. The number of hydrogen-bond donors (Lipinski definition) is 4. The summed E-state index contributed by atoms with van der Waals surface area (Å²) in [5.41, 5.74) is 9.12. The molecule has 0 spiro atoms. The zero-order chi connectivity index (χ0) is 98.8. The number of nitriles is 1.